The summed E-state index contributed by atoms with van der Waals surface area (Å²) in [5.74, 6) is -0.462. The van der Waals surface area contributed by atoms with E-state index in [9.17, 15) is 8.78 Å². The van der Waals surface area contributed by atoms with Crippen molar-refractivity contribution in [3.05, 3.63) is 59.3 Å². The lowest BCUT2D eigenvalue weighted by molar-refractivity contribution is 0.587. The maximum atomic E-state index is 13.4. The number of benzene rings is 1. The zero-order valence-electron chi connectivity index (χ0n) is 9.86. The van der Waals surface area contributed by atoms with Crippen LogP contribution in [-0.4, -0.2) is 9.97 Å². The van der Waals surface area contributed by atoms with E-state index in [1.807, 2.05) is 0 Å². The molecule has 0 saturated carbocycles. The Morgan fingerprint density at radius 2 is 2.05 bits per heavy atom. The van der Waals surface area contributed by atoms with Gasteiger partial charge in [-0.3, -0.25) is 0 Å². The lowest BCUT2D eigenvalue weighted by Gasteiger charge is -2.08. The first kappa shape index (κ1) is 13.4. The summed E-state index contributed by atoms with van der Waals surface area (Å²) in [6, 6.07) is 8.40. The van der Waals surface area contributed by atoms with E-state index < -0.39 is 11.6 Å². The molecule has 0 aliphatic carbocycles. The first-order chi connectivity index (χ1) is 9.06. The van der Waals surface area contributed by atoms with Gasteiger partial charge in [0.1, 0.15) is 22.4 Å². The Balaban J connectivity index is 2.12. The summed E-state index contributed by atoms with van der Waals surface area (Å²) in [7, 11) is 0. The van der Waals surface area contributed by atoms with Gasteiger partial charge in [0.25, 0.3) is 0 Å². The normalized spacial score (nSPS) is 10.2. The third kappa shape index (κ3) is 3.45. The van der Waals surface area contributed by atoms with Crippen LogP contribution in [0.4, 0.5) is 14.6 Å². The van der Waals surface area contributed by atoms with Crippen LogP contribution < -0.4 is 11.1 Å². The average molecular weight is 279 g/mol. The Hall–Kier alpha value is -2.08. The number of hydrogen-bond donors (Lipinski definition) is 2. The lowest BCUT2D eigenvalue weighted by atomic mass is 10.2. The number of nitrogens with two attached hydrogens (primary N) is 1. The van der Waals surface area contributed by atoms with Gasteiger partial charge in [-0.1, -0.05) is 18.3 Å². The third-order valence-electron chi connectivity index (χ3n) is 2.47. The fraction of sp³-hybridized carbons (Fsp3) is 0.0769. The van der Waals surface area contributed by atoms with Gasteiger partial charge in [0.05, 0.1) is 5.69 Å². The molecule has 3 nitrogen and oxygen atoms in total. The number of halogens is 2. The van der Waals surface area contributed by atoms with Crippen molar-refractivity contribution in [2.75, 3.05) is 5.32 Å². The van der Waals surface area contributed by atoms with Gasteiger partial charge in [-0.15, -0.1) is 0 Å². The standard InChI is InChI=1S/C13H11F2N3S/c14-9-4-5-10(15)8(6-9)7-17-12-3-1-2-11(18-12)13(16)19/h1-6H,7H2,(H2,16,19)(H,17,18). The van der Waals surface area contributed by atoms with Gasteiger partial charge in [0.2, 0.25) is 0 Å². The Morgan fingerprint density at radius 1 is 1.26 bits per heavy atom. The van der Waals surface area contributed by atoms with E-state index in [2.05, 4.69) is 10.3 Å². The maximum Gasteiger partial charge on any atom is 0.128 e. The molecule has 0 amide bonds. The summed E-state index contributed by atoms with van der Waals surface area (Å²) in [6.45, 7) is 0.122. The first-order valence-corrected chi connectivity index (χ1v) is 5.92. The average Bonchev–Trinajstić information content (AvgIpc) is 2.40. The van der Waals surface area contributed by atoms with Crippen LogP contribution in [0.1, 0.15) is 11.3 Å². The summed E-state index contributed by atoms with van der Waals surface area (Å²) in [6.07, 6.45) is 0. The van der Waals surface area contributed by atoms with Crippen molar-refractivity contribution in [1.82, 2.24) is 4.98 Å². The zero-order chi connectivity index (χ0) is 13.8. The second-order valence-electron chi connectivity index (χ2n) is 3.86. The molecule has 0 atom stereocenters. The molecule has 0 unspecified atom stereocenters. The number of anilines is 1. The molecule has 3 N–H and O–H groups in total. The molecule has 0 radical (unpaired) electrons. The topological polar surface area (TPSA) is 50.9 Å². The fourth-order valence-corrected chi connectivity index (χ4v) is 1.65. The molecule has 2 rings (SSSR count). The molecule has 98 valence electrons. The molecule has 1 aromatic heterocycles. The molecule has 19 heavy (non-hydrogen) atoms. The van der Waals surface area contributed by atoms with E-state index in [0.29, 0.717) is 11.5 Å². The van der Waals surface area contributed by atoms with Crippen LogP contribution in [0.2, 0.25) is 0 Å². The van der Waals surface area contributed by atoms with Crippen LogP contribution in [0, 0.1) is 11.6 Å². The van der Waals surface area contributed by atoms with Crippen molar-refractivity contribution in [3.8, 4) is 0 Å². The molecule has 2 aromatic rings. The highest BCUT2D eigenvalue weighted by Gasteiger charge is 2.05. The summed E-state index contributed by atoms with van der Waals surface area (Å²) in [5.41, 5.74) is 6.16. The second kappa shape index (κ2) is 5.71. The maximum absolute atomic E-state index is 13.4. The molecule has 0 fully saturated rings. The summed E-state index contributed by atoms with van der Waals surface area (Å²) in [5, 5.41) is 2.89. The van der Waals surface area contributed by atoms with Crippen molar-refractivity contribution < 1.29 is 8.78 Å². The van der Waals surface area contributed by atoms with Crippen LogP contribution in [0.3, 0.4) is 0 Å². The number of hydrogen-bond acceptors (Lipinski definition) is 3. The molecule has 6 heteroatoms. The van der Waals surface area contributed by atoms with Crippen molar-refractivity contribution >= 4 is 23.0 Å². The van der Waals surface area contributed by atoms with Gasteiger partial charge in [0, 0.05) is 12.1 Å². The van der Waals surface area contributed by atoms with Gasteiger partial charge in [-0.2, -0.15) is 0 Å². The summed E-state index contributed by atoms with van der Waals surface area (Å²) < 4.78 is 26.4. The molecule has 0 bridgehead atoms. The van der Waals surface area contributed by atoms with Gasteiger partial charge < -0.3 is 11.1 Å². The molecular weight excluding hydrogens is 268 g/mol. The van der Waals surface area contributed by atoms with Crippen LogP contribution in [0.15, 0.2) is 36.4 Å². The predicted molar refractivity (Wildman–Crippen MR) is 73.8 cm³/mol. The Labute approximate surface area is 114 Å². The lowest BCUT2D eigenvalue weighted by Crippen LogP contribution is -2.13. The number of nitrogens with one attached hydrogen (secondary N) is 1. The van der Waals surface area contributed by atoms with Crippen molar-refractivity contribution in [1.29, 1.82) is 0 Å². The fourth-order valence-electron chi connectivity index (χ4n) is 1.53. The highest BCUT2D eigenvalue weighted by molar-refractivity contribution is 7.80. The van der Waals surface area contributed by atoms with Gasteiger partial charge in [0.15, 0.2) is 0 Å². The molecule has 0 aliphatic heterocycles. The van der Waals surface area contributed by atoms with Gasteiger partial charge in [-0.25, -0.2) is 13.8 Å². The largest absolute Gasteiger partial charge is 0.388 e. The SMILES string of the molecule is NC(=S)c1cccc(NCc2cc(F)ccc2F)n1. The molecule has 0 spiro atoms. The van der Waals surface area contributed by atoms with E-state index in [4.69, 9.17) is 18.0 Å². The Kier molecular flexibility index (Phi) is 4.01. The zero-order valence-corrected chi connectivity index (χ0v) is 10.7. The first-order valence-electron chi connectivity index (χ1n) is 5.51. The van der Waals surface area contributed by atoms with Gasteiger partial charge >= 0.3 is 0 Å². The number of rotatable bonds is 4. The summed E-state index contributed by atoms with van der Waals surface area (Å²) in [4.78, 5) is 4.33. The number of thiocarbonyl (C=S) groups is 1. The van der Waals surface area contributed by atoms with E-state index in [1.165, 1.54) is 0 Å². The van der Waals surface area contributed by atoms with E-state index in [-0.39, 0.29) is 17.1 Å². The van der Waals surface area contributed by atoms with Crippen molar-refractivity contribution in [3.63, 3.8) is 0 Å². The predicted octanol–water partition coefficient (Wildman–Crippen LogP) is 2.61. The molecule has 1 aromatic carbocycles. The highest BCUT2D eigenvalue weighted by Crippen LogP contribution is 2.12. The van der Waals surface area contributed by atoms with Crippen molar-refractivity contribution in [2.24, 2.45) is 5.73 Å². The second-order valence-corrected chi connectivity index (χ2v) is 4.30. The third-order valence-corrected chi connectivity index (χ3v) is 2.68. The molecular formula is C13H11F2N3S. The number of pyridine rings is 1. The molecule has 0 saturated heterocycles. The Bertz CT molecular complexity index is 617. The smallest absolute Gasteiger partial charge is 0.128 e. The monoisotopic (exact) mass is 279 g/mol. The number of nitrogens with zero attached hydrogens (tertiary/aromatic N) is 1. The van der Waals surface area contributed by atoms with Crippen LogP contribution in [0.5, 0.6) is 0 Å². The minimum absolute atomic E-state index is 0.122. The minimum atomic E-state index is -0.483. The Morgan fingerprint density at radius 3 is 2.79 bits per heavy atom. The highest BCUT2D eigenvalue weighted by atomic mass is 32.1. The van der Waals surface area contributed by atoms with Crippen LogP contribution in [-0.2, 0) is 6.54 Å². The summed E-state index contributed by atoms with van der Waals surface area (Å²) >= 11 is 4.82. The molecule has 0 aliphatic rings. The molecule has 1 heterocycles. The van der Waals surface area contributed by atoms with Gasteiger partial charge in [-0.05, 0) is 30.3 Å². The minimum Gasteiger partial charge on any atom is -0.388 e. The van der Waals surface area contributed by atoms with Crippen molar-refractivity contribution in [2.45, 2.75) is 6.54 Å². The van der Waals surface area contributed by atoms with E-state index >= 15 is 0 Å². The number of aromatic nitrogens is 1. The van der Waals surface area contributed by atoms with E-state index in [0.717, 1.165) is 18.2 Å². The van der Waals surface area contributed by atoms with Crippen LogP contribution >= 0.6 is 12.2 Å². The quantitative estimate of drug-likeness (QED) is 0.845. The van der Waals surface area contributed by atoms with Crippen LogP contribution in [0.25, 0.3) is 0 Å². The van der Waals surface area contributed by atoms with E-state index in [1.54, 1.807) is 18.2 Å².